The fraction of sp³-hybridized carbons (Fsp3) is 0.286. The Morgan fingerprint density at radius 1 is 1.00 bits per heavy atom. The van der Waals surface area contributed by atoms with Gasteiger partial charge in [0, 0.05) is 30.5 Å². The summed E-state index contributed by atoms with van der Waals surface area (Å²) in [5.41, 5.74) is 9.27. The molecule has 3 N–H and O–H groups in total. The van der Waals surface area contributed by atoms with E-state index < -0.39 is 5.91 Å². The Bertz CT molecular complexity index is 828. The predicted molar refractivity (Wildman–Crippen MR) is 101 cm³/mol. The summed E-state index contributed by atoms with van der Waals surface area (Å²) in [6, 6.07) is 12.8. The molecule has 0 atom stereocenters. The first kappa shape index (κ1) is 19.4. The SMILES string of the molecule is Cc1ccc(C)c(C(=O)CCC(=O)NCCc2cccc(C(N)=O)c2)c1. The van der Waals surface area contributed by atoms with Crippen molar-refractivity contribution >= 4 is 17.6 Å². The van der Waals surface area contributed by atoms with Crippen LogP contribution in [0, 0.1) is 13.8 Å². The van der Waals surface area contributed by atoms with Crippen molar-refractivity contribution in [2.75, 3.05) is 6.54 Å². The average Bonchev–Trinajstić information content (AvgIpc) is 2.62. The van der Waals surface area contributed by atoms with Gasteiger partial charge >= 0.3 is 0 Å². The first-order valence-electron chi connectivity index (χ1n) is 8.62. The number of amides is 2. The summed E-state index contributed by atoms with van der Waals surface area (Å²) in [4.78, 5) is 35.4. The highest BCUT2D eigenvalue weighted by molar-refractivity contribution is 5.99. The van der Waals surface area contributed by atoms with Crippen LogP contribution in [0.15, 0.2) is 42.5 Å². The van der Waals surface area contributed by atoms with Crippen molar-refractivity contribution in [2.24, 2.45) is 5.73 Å². The molecular weight excluding hydrogens is 328 g/mol. The van der Waals surface area contributed by atoms with E-state index in [4.69, 9.17) is 5.73 Å². The molecule has 2 rings (SSSR count). The predicted octanol–water partition coefficient (Wildman–Crippen LogP) is 2.72. The Morgan fingerprint density at radius 2 is 1.77 bits per heavy atom. The molecule has 5 nitrogen and oxygen atoms in total. The van der Waals surface area contributed by atoms with Crippen molar-refractivity contribution in [2.45, 2.75) is 33.1 Å². The van der Waals surface area contributed by atoms with Crippen LogP contribution < -0.4 is 11.1 Å². The third kappa shape index (κ3) is 5.55. The molecule has 2 aromatic rings. The Labute approximate surface area is 153 Å². The Kier molecular flexibility index (Phi) is 6.67. The van der Waals surface area contributed by atoms with Gasteiger partial charge in [-0.15, -0.1) is 0 Å². The standard InChI is InChI=1S/C21H24N2O3/c1-14-6-7-15(2)18(12-14)19(24)8-9-20(25)23-11-10-16-4-3-5-17(13-16)21(22)26/h3-7,12-13H,8-11H2,1-2H3,(H2,22,26)(H,23,25). The molecule has 0 aliphatic heterocycles. The Morgan fingerprint density at radius 3 is 2.50 bits per heavy atom. The van der Waals surface area contributed by atoms with E-state index >= 15 is 0 Å². The molecule has 0 saturated heterocycles. The topological polar surface area (TPSA) is 89.3 Å². The average molecular weight is 352 g/mol. The van der Waals surface area contributed by atoms with Crippen LogP contribution in [-0.2, 0) is 11.2 Å². The van der Waals surface area contributed by atoms with Crippen molar-refractivity contribution < 1.29 is 14.4 Å². The highest BCUT2D eigenvalue weighted by Crippen LogP contribution is 2.14. The fourth-order valence-electron chi connectivity index (χ4n) is 2.71. The van der Waals surface area contributed by atoms with Gasteiger partial charge in [0.15, 0.2) is 5.78 Å². The fourth-order valence-corrected chi connectivity index (χ4v) is 2.71. The molecule has 2 amide bonds. The quantitative estimate of drug-likeness (QED) is 0.716. The summed E-state index contributed by atoms with van der Waals surface area (Å²) in [7, 11) is 0. The first-order chi connectivity index (χ1) is 12.4. The first-order valence-corrected chi connectivity index (χ1v) is 8.62. The van der Waals surface area contributed by atoms with Crippen LogP contribution in [0.3, 0.4) is 0 Å². The lowest BCUT2D eigenvalue weighted by molar-refractivity contribution is -0.121. The van der Waals surface area contributed by atoms with Gasteiger partial charge in [0.2, 0.25) is 11.8 Å². The van der Waals surface area contributed by atoms with E-state index in [1.807, 2.05) is 38.1 Å². The van der Waals surface area contributed by atoms with Gasteiger partial charge in [-0.1, -0.05) is 29.8 Å². The van der Waals surface area contributed by atoms with Gasteiger partial charge < -0.3 is 11.1 Å². The molecule has 0 radical (unpaired) electrons. The molecule has 5 heteroatoms. The number of rotatable bonds is 8. The number of primary amides is 1. The number of aryl methyl sites for hydroxylation is 2. The molecule has 0 fully saturated rings. The molecule has 0 aliphatic carbocycles. The van der Waals surface area contributed by atoms with E-state index in [1.165, 1.54) is 0 Å². The minimum Gasteiger partial charge on any atom is -0.366 e. The Hall–Kier alpha value is -2.95. The number of ketones is 1. The molecule has 0 saturated carbocycles. The van der Waals surface area contributed by atoms with Crippen molar-refractivity contribution in [3.05, 3.63) is 70.3 Å². The van der Waals surface area contributed by atoms with Gasteiger partial charge in [-0.2, -0.15) is 0 Å². The molecule has 0 aromatic heterocycles. The summed E-state index contributed by atoms with van der Waals surface area (Å²) in [6.07, 6.45) is 0.943. The molecule has 0 bridgehead atoms. The van der Waals surface area contributed by atoms with Gasteiger partial charge in [-0.25, -0.2) is 0 Å². The number of benzene rings is 2. The number of hydrogen-bond acceptors (Lipinski definition) is 3. The third-order valence-electron chi connectivity index (χ3n) is 4.22. The second-order valence-corrected chi connectivity index (χ2v) is 6.41. The van der Waals surface area contributed by atoms with Crippen molar-refractivity contribution in [1.29, 1.82) is 0 Å². The zero-order valence-electron chi connectivity index (χ0n) is 15.2. The summed E-state index contributed by atoms with van der Waals surface area (Å²) in [6.45, 7) is 4.28. The molecule has 0 aliphatic rings. The summed E-state index contributed by atoms with van der Waals surface area (Å²) >= 11 is 0. The van der Waals surface area contributed by atoms with Crippen LogP contribution in [-0.4, -0.2) is 24.1 Å². The van der Waals surface area contributed by atoms with E-state index in [2.05, 4.69) is 5.32 Å². The maximum atomic E-state index is 12.3. The van der Waals surface area contributed by atoms with Crippen molar-refractivity contribution in [3.8, 4) is 0 Å². The normalized spacial score (nSPS) is 10.4. The number of hydrogen-bond donors (Lipinski definition) is 2. The molecule has 0 unspecified atom stereocenters. The smallest absolute Gasteiger partial charge is 0.248 e. The maximum Gasteiger partial charge on any atom is 0.248 e. The largest absolute Gasteiger partial charge is 0.366 e. The zero-order valence-corrected chi connectivity index (χ0v) is 15.2. The van der Waals surface area contributed by atoms with Crippen LogP contribution in [0.2, 0.25) is 0 Å². The molecular formula is C21H24N2O3. The van der Waals surface area contributed by atoms with Gasteiger partial charge in [0.1, 0.15) is 0 Å². The molecule has 0 heterocycles. The van der Waals surface area contributed by atoms with Crippen LogP contribution in [0.4, 0.5) is 0 Å². The van der Waals surface area contributed by atoms with Gasteiger partial charge in [0.05, 0.1) is 0 Å². The lowest BCUT2D eigenvalue weighted by atomic mass is 9.99. The number of carbonyl (C=O) groups is 3. The van der Waals surface area contributed by atoms with Crippen LogP contribution in [0.25, 0.3) is 0 Å². The summed E-state index contributed by atoms with van der Waals surface area (Å²) < 4.78 is 0. The van der Waals surface area contributed by atoms with Gasteiger partial charge in [-0.3, -0.25) is 14.4 Å². The summed E-state index contributed by atoms with van der Waals surface area (Å²) in [5, 5.41) is 2.81. The van der Waals surface area contributed by atoms with Crippen molar-refractivity contribution in [3.63, 3.8) is 0 Å². The van der Waals surface area contributed by atoms with E-state index in [1.54, 1.807) is 18.2 Å². The number of nitrogens with two attached hydrogens (primary N) is 1. The monoisotopic (exact) mass is 352 g/mol. The third-order valence-corrected chi connectivity index (χ3v) is 4.22. The zero-order chi connectivity index (χ0) is 19.1. The lowest BCUT2D eigenvalue weighted by Crippen LogP contribution is -2.26. The van der Waals surface area contributed by atoms with E-state index in [0.29, 0.717) is 24.1 Å². The van der Waals surface area contributed by atoms with E-state index in [9.17, 15) is 14.4 Å². The van der Waals surface area contributed by atoms with Gasteiger partial charge in [0.25, 0.3) is 0 Å². The second-order valence-electron chi connectivity index (χ2n) is 6.41. The van der Waals surface area contributed by atoms with Gasteiger partial charge in [-0.05, 0) is 49.6 Å². The highest BCUT2D eigenvalue weighted by Gasteiger charge is 2.12. The number of Topliss-reactive ketones (excluding diaryl/α,β-unsaturated/α-hetero) is 1. The minimum absolute atomic E-state index is 0.0180. The lowest BCUT2D eigenvalue weighted by Gasteiger charge is -2.08. The summed E-state index contributed by atoms with van der Waals surface area (Å²) in [5.74, 6) is -0.647. The Balaban J connectivity index is 1.78. The number of carbonyl (C=O) groups excluding carboxylic acids is 3. The van der Waals surface area contributed by atoms with Crippen LogP contribution in [0.1, 0.15) is 50.2 Å². The molecule has 2 aromatic carbocycles. The molecule has 136 valence electrons. The molecule has 0 spiro atoms. The van der Waals surface area contributed by atoms with E-state index in [-0.39, 0.29) is 24.5 Å². The van der Waals surface area contributed by atoms with E-state index in [0.717, 1.165) is 16.7 Å². The number of nitrogens with one attached hydrogen (secondary N) is 1. The second kappa shape index (κ2) is 8.94. The van der Waals surface area contributed by atoms with Crippen molar-refractivity contribution in [1.82, 2.24) is 5.32 Å². The maximum absolute atomic E-state index is 12.3. The van der Waals surface area contributed by atoms with Crippen LogP contribution >= 0.6 is 0 Å². The van der Waals surface area contributed by atoms with Crippen LogP contribution in [0.5, 0.6) is 0 Å². The molecule has 26 heavy (non-hydrogen) atoms. The minimum atomic E-state index is -0.471. The highest BCUT2D eigenvalue weighted by atomic mass is 16.2.